The van der Waals surface area contributed by atoms with E-state index in [9.17, 15) is 27.1 Å². The highest BCUT2D eigenvalue weighted by atomic mass is 19.2. The van der Waals surface area contributed by atoms with E-state index in [4.69, 9.17) is 0 Å². The lowest BCUT2D eigenvalue weighted by atomic mass is 10.0. The first kappa shape index (κ1) is 13.3. The van der Waals surface area contributed by atoms with Gasteiger partial charge < -0.3 is 5.11 Å². The van der Waals surface area contributed by atoms with Crippen LogP contribution in [0.3, 0.4) is 0 Å². The number of aryl methyl sites for hydroxylation is 1. The van der Waals surface area contributed by atoms with Gasteiger partial charge in [-0.2, -0.15) is 0 Å². The van der Waals surface area contributed by atoms with Crippen LogP contribution in [0.4, 0.5) is 22.0 Å². The van der Waals surface area contributed by atoms with E-state index in [0.29, 0.717) is 5.56 Å². The summed E-state index contributed by atoms with van der Waals surface area (Å²) in [6.45, 7) is 1.55. The molecule has 0 spiro atoms. The van der Waals surface area contributed by atoms with Gasteiger partial charge in [-0.05, 0) is 19.1 Å². The molecule has 0 saturated carbocycles. The van der Waals surface area contributed by atoms with Gasteiger partial charge in [-0.25, -0.2) is 22.0 Å². The van der Waals surface area contributed by atoms with E-state index in [1.54, 1.807) is 6.92 Å². The van der Waals surface area contributed by atoms with Crippen LogP contribution in [-0.4, -0.2) is 5.11 Å². The molecule has 0 radical (unpaired) electrons. The van der Waals surface area contributed by atoms with Crippen molar-refractivity contribution in [1.82, 2.24) is 0 Å². The number of benzene rings is 2. The summed E-state index contributed by atoms with van der Waals surface area (Å²) >= 11 is 0. The molecular weight excluding hydrogens is 267 g/mol. The second kappa shape index (κ2) is 4.53. The van der Waals surface area contributed by atoms with Gasteiger partial charge in [-0.3, -0.25) is 0 Å². The molecule has 0 saturated heterocycles. The molecule has 2 rings (SSSR count). The molecule has 0 atom stereocenters. The van der Waals surface area contributed by atoms with Crippen LogP contribution >= 0.6 is 0 Å². The van der Waals surface area contributed by atoms with Crippen LogP contribution in [0, 0.1) is 36.0 Å². The van der Waals surface area contributed by atoms with Gasteiger partial charge in [0.1, 0.15) is 5.75 Å². The zero-order chi connectivity index (χ0) is 14.3. The molecule has 0 aliphatic rings. The lowest BCUT2D eigenvalue weighted by Crippen LogP contribution is -2.04. The predicted octanol–water partition coefficient (Wildman–Crippen LogP) is 4.06. The average molecular weight is 274 g/mol. The van der Waals surface area contributed by atoms with Gasteiger partial charge in [0.2, 0.25) is 5.82 Å². The van der Waals surface area contributed by atoms with Crippen molar-refractivity contribution in [3.05, 3.63) is 52.8 Å². The molecule has 0 aliphatic carbocycles. The highest BCUT2D eigenvalue weighted by Crippen LogP contribution is 2.36. The number of rotatable bonds is 1. The third-order valence-corrected chi connectivity index (χ3v) is 2.63. The second-order valence-corrected chi connectivity index (χ2v) is 3.97. The summed E-state index contributed by atoms with van der Waals surface area (Å²) < 4.78 is 66.2. The number of aromatic hydroxyl groups is 1. The van der Waals surface area contributed by atoms with Crippen LogP contribution < -0.4 is 0 Å². The van der Waals surface area contributed by atoms with Gasteiger partial charge in [0.15, 0.2) is 23.3 Å². The monoisotopic (exact) mass is 274 g/mol. The minimum Gasteiger partial charge on any atom is -0.507 e. The lowest BCUT2D eigenvalue weighted by Gasteiger charge is -2.10. The fourth-order valence-corrected chi connectivity index (χ4v) is 1.69. The summed E-state index contributed by atoms with van der Waals surface area (Å²) in [5, 5.41) is 9.52. The first-order valence-electron chi connectivity index (χ1n) is 5.16. The Labute approximate surface area is 104 Å². The maximum Gasteiger partial charge on any atom is 0.200 e. The van der Waals surface area contributed by atoms with Crippen LogP contribution in [-0.2, 0) is 0 Å². The Morgan fingerprint density at radius 2 is 1.26 bits per heavy atom. The summed E-state index contributed by atoms with van der Waals surface area (Å²) in [5.41, 5.74) is -1.10. The Morgan fingerprint density at radius 3 is 1.79 bits per heavy atom. The van der Waals surface area contributed by atoms with Crippen molar-refractivity contribution in [2.24, 2.45) is 0 Å². The largest absolute Gasteiger partial charge is 0.507 e. The zero-order valence-electron chi connectivity index (χ0n) is 9.57. The Hall–Kier alpha value is -2.11. The maximum atomic E-state index is 13.6. The lowest BCUT2D eigenvalue weighted by molar-refractivity contribution is 0.380. The van der Waals surface area contributed by atoms with E-state index < -0.39 is 46.0 Å². The SMILES string of the molecule is Cc1ccc(O)c(-c2c(F)c(F)c(F)c(F)c2F)c1. The number of halogens is 5. The first-order chi connectivity index (χ1) is 8.84. The summed E-state index contributed by atoms with van der Waals surface area (Å²) in [4.78, 5) is 0. The molecular formula is C13H7F5O. The van der Waals surface area contributed by atoms with E-state index in [1.165, 1.54) is 6.07 Å². The number of phenolic OH excluding ortho intramolecular Hbond substituents is 1. The van der Waals surface area contributed by atoms with Gasteiger partial charge in [0, 0.05) is 5.56 Å². The molecule has 0 aromatic heterocycles. The molecule has 100 valence electrons. The third-order valence-electron chi connectivity index (χ3n) is 2.63. The van der Waals surface area contributed by atoms with E-state index in [2.05, 4.69) is 0 Å². The van der Waals surface area contributed by atoms with E-state index in [-0.39, 0.29) is 0 Å². The third kappa shape index (κ3) is 2.03. The molecule has 0 bridgehead atoms. The van der Waals surface area contributed by atoms with E-state index in [0.717, 1.165) is 12.1 Å². The molecule has 19 heavy (non-hydrogen) atoms. The molecule has 1 nitrogen and oxygen atoms in total. The maximum absolute atomic E-state index is 13.6. The highest BCUT2D eigenvalue weighted by molar-refractivity contribution is 5.72. The van der Waals surface area contributed by atoms with Gasteiger partial charge in [-0.15, -0.1) is 0 Å². The van der Waals surface area contributed by atoms with Crippen molar-refractivity contribution in [2.45, 2.75) is 6.92 Å². The number of hydrogen-bond acceptors (Lipinski definition) is 1. The zero-order valence-corrected chi connectivity index (χ0v) is 9.57. The fourth-order valence-electron chi connectivity index (χ4n) is 1.69. The molecule has 2 aromatic carbocycles. The smallest absolute Gasteiger partial charge is 0.200 e. The molecule has 2 aromatic rings. The second-order valence-electron chi connectivity index (χ2n) is 3.97. The van der Waals surface area contributed by atoms with E-state index >= 15 is 0 Å². The highest BCUT2D eigenvalue weighted by Gasteiger charge is 2.27. The topological polar surface area (TPSA) is 20.2 Å². The fraction of sp³-hybridized carbons (Fsp3) is 0.0769. The summed E-state index contributed by atoms with van der Waals surface area (Å²) in [6, 6.07) is 3.68. The van der Waals surface area contributed by atoms with Crippen LogP contribution in [0.5, 0.6) is 5.75 Å². The summed E-state index contributed by atoms with van der Waals surface area (Å²) in [5.74, 6) is -10.8. The Balaban J connectivity index is 2.87. The quantitative estimate of drug-likeness (QED) is 0.472. The van der Waals surface area contributed by atoms with Crippen LogP contribution in [0.2, 0.25) is 0 Å². The Morgan fingerprint density at radius 1 is 0.789 bits per heavy atom. The normalized spacial score (nSPS) is 10.8. The predicted molar refractivity (Wildman–Crippen MR) is 58.1 cm³/mol. The molecule has 0 aliphatic heterocycles. The van der Waals surface area contributed by atoms with Crippen molar-refractivity contribution in [1.29, 1.82) is 0 Å². The first-order valence-corrected chi connectivity index (χ1v) is 5.16. The summed E-state index contributed by atoms with van der Waals surface area (Å²) in [7, 11) is 0. The van der Waals surface area contributed by atoms with Crippen molar-refractivity contribution in [3.63, 3.8) is 0 Å². The van der Waals surface area contributed by atoms with Gasteiger partial charge in [-0.1, -0.05) is 11.6 Å². The number of phenols is 1. The van der Waals surface area contributed by atoms with E-state index in [1.807, 2.05) is 0 Å². The Kier molecular flexibility index (Phi) is 3.18. The van der Waals surface area contributed by atoms with Crippen LogP contribution in [0.15, 0.2) is 18.2 Å². The Bertz CT molecular complexity index is 638. The minimum atomic E-state index is -2.23. The van der Waals surface area contributed by atoms with Gasteiger partial charge in [0.05, 0.1) is 5.56 Å². The average Bonchev–Trinajstić information content (AvgIpc) is 2.38. The molecule has 0 heterocycles. The molecule has 6 heteroatoms. The van der Waals surface area contributed by atoms with Crippen molar-refractivity contribution in [3.8, 4) is 16.9 Å². The van der Waals surface area contributed by atoms with Crippen molar-refractivity contribution >= 4 is 0 Å². The molecule has 0 amide bonds. The molecule has 0 unspecified atom stereocenters. The minimum absolute atomic E-state index is 0.451. The summed E-state index contributed by atoms with van der Waals surface area (Å²) in [6.07, 6.45) is 0. The standard InChI is InChI=1S/C13H7F5O/c1-5-2-3-7(19)6(4-5)8-9(14)11(16)13(18)12(17)10(8)15/h2-4,19H,1H3. The van der Waals surface area contributed by atoms with Crippen LogP contribution in [0.25, 0.3) is 11.1 Å². The molecule has 1 N–H and O–H groups in total. The van der Waals surface area contributed by atoms with Crippen molar-refractivity contribution in [2.75, 3.05) is 0 Å². The molecule has 0 fully saturated rings. The van der Waals surface area contributed by atoms with Crippen molar-refractivity contribution < 1.29 is 27.1 Å². The van der Waals surface area contributed by atoms with Crippen LogP contribution in [0.1, 0.15) is 5.56 Å². The van der Waals surface area contributed by atoms with Gasteiger partial charge in [0.25, 0.3) is 0 Å². The van der Waals surface area contributed by atoms with Gasteiger partial charge >= 0.3 is 0 Å². The number of hydrogen-bond donors (Lipinski definition) is 1.